The number of carboxylic acid groups (broad SMARTS) is 1. The maximum atomic E-state index is 13.0. The van der Waals surface area contributed by atoms with Gasteiger partial charge in [0.25, 0.3) is 0 Å². The van der Waals surface area contributed by atoms with Crippen LogP contribution in [0.4, 0.5) is 9.18 Å². The molecule has 0 aromatic heterocycles. The predicted molar refractivity (Wildman–Crippen MR) is 71.0 cm³/mol. The van der Waals surface area contributed by atoms with Crippen LogP contribution >= 0.6 is 11.6 Å². The molecule has 1 heterocycles. The van der Waals surface area contributed by atoms with E-state index in [9.17, 15) is 14.0 Å². The van der Waals surface area contributed by atoms with Crippen LogP contribution in [0.25, 0.3) is 0 Å². The minimum absolute atomic E-state index is 0.0159. The van der Waals surface area contributed by atoms with Gasteiger partial charge in [0.2, 0.25) is 0 Å². The normalized spacial score (nSPS) is 14.8. The van der Waals surface area contributed by atoms with Crippen LogP contribution in [0.2, 0.25) is 5.02 Å². The standard InChI is InChI=1S/C13H14ClFN2O3/c14-10-3-8(1-2-11(10)15)5-16-13(20)17-6-9(7-17)4-12(18)19/h1-3,9H,4-7H2,(H,16,20)(H,18,19). The summed E-state index contributed by atoms with van der Waals surface area (Å²) in [6.07, 6.45) is 0.0807. The van der Waals surface area contributed by atoms with Crippen LogP contribution in [0.3, 0.4) is 0 Å². The first-order valence-electron chi connectivity index (χ1n) is 6.14. The minimum Gasteiger partial charge on any atom is -0.481 e. The van der Waals surface area contributed by atoms with Crippen LogP contribution in [0.1, 0.15) is 12.0 Å². The molecule has 2 amide bonds. The number of hydrogen-bond donors (Lipinski definition) is 2. The van der Waals surface area contributed by atoms with Gasteiger partial charge in [0.05, 0.1) is 11.4 Å². The molecule has 1 aliphatic rings. The molecule has 20 heavy (non-hydrogen) atoms. The predicted octanol–water partition coefficient (Wildman–Crippen LogP) is 2.10. The third-order valence-corrected chi connectivity index (χ3v) is 3.43. The summed E-state index contributed by atoms with van der Waals surface area (Å²) in [5.41, 5.74) is 0.701. The maximum Gasteiger partial charge on any atom is 0.317 e. The smallest absolute Gasteiger partial charge is 0.317 e. The zero-order valence-electron chi connectivity index (χ0n) is 10.6. The Morgan fingerprint density at radius 1 is 1.45 bits per heavy atom. The van der Waals surface area contributed by atoms with Crippen molar-refractivity contribution in [3.8, 4) is 0 Å². The number of rotatable bonds is 4. The number of halogens is 2. The fourth-order valence-electron chi connectivity index (χ4n) is 2.05. The second-order valence-electron chi connectivity index (χ2n) is 4.78. The summed E-state index contributed by atoms with van der Waals surface area (Å²) in [5.74, 6) is -1.32. The van der Waals surface area contributed by atoms with E-state index in [1.165, 1.54) is 12.1 Å². The first-order chi connectivity index (χ1) is 9.45. The van der Waals surface area contributed by atoms with Crippen molar-refractivity contribution < 1.29 is 19.1 Å². The maximum absolute atomic E-state index is 13.0. The van der Waals surface area contributed by atoms with Crippen LogP contribution in [0.15, 0.2) is 18.2 Å². The number of nitrogens with zero attached hydrogens (tertiary/aromatic N) is 1. The number of amides is 2. The Bertz CT molecular complexity index is 532. The van der Waals surface area contributed by atoms with Crippen LogP contribution in [-0.4, -0.2) is 35.1 Å². The molecule has 5 nitrogen and oxygen atoms in total. The zero-order valence-corrected chi connectivity index (χ0v) is 11.4. The van der Waals surface area contributed by atoms with Gasteiger partial charge in [0, 0.05) is 25.6 Å². The van der Waals surface area contributed by atoms with Gasteiger partial charge in [-0.1, -0.05) is 17.7 Å². The number of carbonyl (C=O) groups excluding carboxylic acids is 1. The molecule has 1 aromatic carbocycles. The fraction of sp³-hybridized carbons (Fsp3) is 0.385. The molecule has 1 fully saturated rings. The largest absolute Gasteiger partial charge is 0.481 e. The molecule has 1 aromatic rings. The number of urea groups is 1. The summed E-state index contributed by atoms with van der Waals surface area (Å²) >= 11 is 5.64. The van der Waals surface area contributed by atoms with E-state index in [0.29, 0.717) is 18.7 Å². The third-order valence-electron chi connectivity index (χ3n) is 3.14. The van der Waals surface area contributed by atoms with E-state index in [4.69, 9.17) is 16.7 Å². The molecular weight excluding hydrogens is 287 g/mol. The lowest BCUT2D eigenvalue weighted by molar-refractivity contribution is -0.139. The van der Waals surface area contributed by atoms with Gasteiger partial charge < -0.3 is 15.3 Å². The Balaban J connectivity index is 1.76. The minimum atomic E-state index is -0.851. The van der Waals surface area contributed by atoms with Crippen molar-refractivity contribution in [2.75, 3.05) is 13.1 Å². The summed E-state index contributed by atoms with van der Waals surface area (Å²) in [5, 5.41) is 11.3. The molecule has 0 atom stereocenters. The molecule has 2 rings (SSSR count). The van der Waals surface area contributed by atoms with Crippen molar-refractivity contribution in [1.29, 1.82) is 0 Å². The lowest BCUT2D eigenvalue weighted by atomic mass is 9.97. The SMILES string of the molecule is O=C(O)CC1CN(C(=O)NCc2ccc(F)c(Cl)c2)C1. The van der Waals surface area contributed by atoms with Crippen LogP contribution in [-0.2, 0) is 11.3 Å². The van der Waals surface area contributed by atoms with E-state index in [0.717, 1.165) is 0 Å². The average Bonchev–Trinajstić information content (AvgIpc) is 2.34. The highest BCUT2D eigenvalue weighted by atomic mass is 35.5. The van der Waals surface area contributed by atoms with Crippen molar-refractivity contribution >= 4 is 23.6 Å². The van der Waals surface area contributed by atoms with Gasteiger partial charge in [-0.05, 0) is 17.7 Å². The summed E-state index contributed by atoms with van der Waals surface area (Å²) < 4.78 is 13.0. The highest BCUT2D eigenvalue weighted by molar-refractivity contribution is 6.30. The van der Waals surface area contributed by atoms with Gasteiger partial charge in [0.1, 0.15) is 5.82 Å². The van der Waals surface area contributed by atoms with E-state index in [-0.39, 0.29) is 29.9 Å². The molecule has 108 valence electrons. The lowest BCUT2D eigenvalue weighted by Crippen LogP contribution is -2.54. The second kappa shape index (κ2) is 6.09. The Labute approximate surface area is 120 Å². The number of benzene rings is 1. The van der Waals surface area contributed by atoms with Crippen molar-refractivity contribution in [3.05, 3.63) is 34.6 Å². The van der Waals surface area contributed by atoms with Gasteiger partial charge in [0.15, 0.2) is 0 Å². The van der Waals surface area contributed by atoms with Gasteiger partial charge in [-0.25, -0.2) is 9.18 Å². The van der Waals surface area contributed by atoms with E-state index in [1.807, 2.05) is 0 Å². The molecule has 0 unspecified atom stereocenters. The second-order valence-corrected chi connectivity index (χ2v) is 5.18. The first-order valence-corrected chi connectivity index (χ1v) is 6.52. The Morgan fingerprint density at radius 2 is 2.15 bits per heavy atom. The molecule has 0 radical (unpaired) electrons. The number of likely N-dealkylation sites (tertiary alicyclic amines) is 1. The molecule has 0 spiro atoms. The molecule has 0 bridgehead atoms. The van der Waals surface area contributed by atoms with E-state index >= 15 is 0 Å². The Hall–Kier alpha value is -1.82. The fourth-order valence-corrected chi connectivity index (χ4v) is 2.25. The van der Waals surface area contributed by atoms with Crippen molar-refractivity contribution in [3.63, 3.8) is 0 Å². The molecule has 0 saturated carbocycles. The first kappa shape index (κ1) is 14.6. The quantitative estimate of drug-likeness (QED) is 0.894. The number of carboxylic acids is 1. The van der Waals surface area contributed by atoms with E-state index < -0.39 is 11.8 Å². The van der Waals surface area contributed by atoms with Crippen LogP contribution in [0.5, 0.6) is 0 Å². The molecular formula is C13H14ClFN2O3. The van der Waals surface area contributed by atoms with Crippen molar-refractivity contribution in [2.45, 2.75) is 13.0 Å². The summed E-state index contributed by atoms with van der Waals surface area (Å²) in [7, 11) is 0. The lowest BCUT2D eigenvalue weighted by Gasteiger charge is -2.38. The molecule has 1 aliphatic heterocycles. The Kier molecular flexibility index (Phi) is 4.44. The molecule has 1 saturated heterocycles. The van der Waals surface area contributed by atoms with Crippen molar-refractivity contribution in [2.24, 2.45) is 5.92 Å². The summed E-state index contributed by atoms with van der Waals surface area (Å²) in [6, 6.07) is 3.99. The summed E-state index contributed by atoms with van der Waals surface area (Å²) in [4.78, 5) is 23.8. The van der Waals surface area contributed by atoms with Gasteiger partial charge in [-0.3, -0.25) is 4.79 Å². The van der Waals surface area contributed by atoms with Gasteiger partial charge in [-0.2, -0.15) is 0 Å². The highest BCUT2D eigenvalue weighted by Gasteiger charge is 2.31. The molecule has 7 heteroatoms. The monoisotopic (exact) mass is 300 g/mol. The van der Waals surface area contributed by atoms with Gasteiger partial charge >= 0.3 is 12.0 Å². The van der Waals surface area contributed by atoms with E-state index in [2.05, 4.69) is 5.32 Å². The van der Waals surface area contributed by atoms with Crippen molar-refractivity contribution in [1.82, 2.24) is 10.2 Å². The topological polar surface area (TPSA) is 69.6 Å². The number of hydrogen-bond acceptors (Lipinski definition) is 2. The van der Waals surface area contributed by atoms with Crippen LogP contribution < -0.4 is 5.32 Å². The highest BCUT2D eigenvalue weighted by Crippen LogP contribution is 2.19. The number of aliphatic carboxylic acids is 1. The Morgan fingerprint density at radius 3 is 2.75 bits per heavy atom. The average molecular weight is 301 g/mol. The van der Waals surface area contributed by atoms with Gasteiger partial charge in [-0.15, -0.1) is 0 Å². The number of carbonyl (C=O) groups is 2. The van der Waals surface area contributed by atoms with Crippen LogP contribution in [0, 0.1) is 11.7 Å². The van der Waals surface area contributed by atoms with E-state index in [1.54, 1.807) is 11.0 Å². The molecule has 2 N–H and O–H groups in total. The number of nitrogens with one attached hydrogen (secondary N) is 1. The third kappa shape index (κ3) is 3.60. The molecule has 0 aliphatic carbocycles. The zero-order chi connectivity index (χ0) is 14.7. The summed E-state index contributed by atoms with van der Waals surface area (Å²) in [6.45, 7) is 1.14.